The molecule has 0 aliphatic heterocycles. The number of methoxy groups -OCH3 is 1. The van der Waals surface area contributed by atoms with Gasteiger partial charge in [-0.25, -0.2) is 4.79 Å². The second kappa shape index (κ2) is 10.8. The summed E-state index contributed by atoms with van der Waals surface area (Å²) in [4.78, 5) is 36.7. The van der Waals surface area contributed by atoms with Crippen LogP contribution in [0.15, 0.2) is 48.5 Å². The number of esters is 1. The maximum Gasteiger partial charge on any atom is 0.328 e. The van der Waals surface area contributed by atoms with Crippen molar-refractivity contribution in [1.29, 1.82) is 0 Å². The van der Waals surface area contributed by atoms with Gasteiger partial charge in [-0.2, -0.15) is 0 Å². The van der Waals surface area contributed by atoms with Crippen molar-refractivity contribution in [2.45, 2.75) is 31.8 Å². The van der Waals surface area contributed by atoms with Crippen molar-refractivity contribution in [2.75, 3.05) is 7.11 Å². The van der Waals surface area contributed by atoms with E-state index < -0.39 is 24.0 Å². The normalized spacial score (nSPS) is 12.6. The molecule has 8 heteroatoms. The predicted octanol–water partition coefficient (Wildman–Crippen LogP) is 2.94. The van der Waals surface area contributed by atoms with E-state index in [0.717, 1.165) is 5.56 Å². The maximum absolute atomic E-state index is 12.9. The number of carbonyl (C=O) groups is 3. The highest BCUT2D eigenvalue weighted by Gasteiger charge is 2.27. The van der Waals surface area contributed by atoms with Crippen molar-refractivity contribution in [1.82, 2.24) is 10.6 Å². The third-order valence-corrected chi connectivity index (χ3v) is 4.80. The van der Waals surface area contributed by atoms with Crippen LogP contribution in [0.25, 0.3) is 0 Å². The van der Waals surface area contributed by atoms with Crippen LogP contribution in [0.1, 0.15) is 18.1 Å². The van der Waals surface area contributed by atoms with Gasteiger partial charge in [0.1, 0.15) is 12.1 Å². The van der Waals surface area contributed by atoms with Crippen LogP contribution >= 0.6 is 23.2 Å². The van der Waals surface area contributed by atoms with E-state index in [0.29, 0.717) is 15.6 Å². The summed E-state index contributed by atoms with van der Waals surface area (Å²) in [7, 11) is 1.24. The van der Waals surface area contributed by atoms with Crippen molar-refractivity contribution < 1.29 is 19.1 Å². The zero-order valence-corrected chi connectivity index (χ0v) is 17.6. The van der Waals surface area contributed by atoms with Gasteiger partial charge in [-0.1, -0.05) is 59.6 Å². The Bertz CT molecular complexity index is 874. The average molecular weight is 437 g/mol. The maximum atomic E-state index is 12.9. The molecule has 0 fully saturated rings. The highest BCUT2D eigenvalue weighted by molar-refractivity contribution is 6.35. The molecular weight excluding hydrogens is 415 g/mol. The molecule has 0 unspecified atom stereocenters. The van der Waals surface area contributed by atoms with Gasteiger partial charge in [-0.15, -0.1) is 0 Å². The Morgan fingerprint density at radius 3 is 2.24 bits per heavy atom. The summed E-state index contributed by atoms with van der Waals surface area (Å²) in [6.45, 7) is 1.33. The van der Waals surface area contributed by atoms with Crippen LogP contribution < -0.4 is 10.6 Å². The predicted molar refractivity (Wildman–Crippen MR) is 112 cm³/mol. The van der Waals surface area contributed by atoms with Crippen LogP contribution in [0.2, 0.25) is 10.0 Å². The zero-order valence-electron chi connectivity index (χ0n) is 16.1. The smallest absolute Gasteiger partial charge is 0.328 e. The number of hydrogen-bond donors (Lipinski definition) is 2. The fourth-order valence-corrected chi connectivity index (χ4v) is 3.31. The molecule has 2 N–H and O–H groups in total. The Morgan fingerprint density at radius 2 is 1.66 bits per heavy atom. The number of ether oxygens (including phenoxy) is 1. The molecule has 0 aliphatic carbocycles. The van der Waals surface area contributed by atoms with Crippen molar-refractivity contribution in [3.8, 4) is 0 Å². The Labute approximate surface area is 179 Å². The van der Waals surface area contributed by atoms with Crippen molar-refractivity contribution in [2.24, 2.45) is 0 Å². The lowest BCUT2D eigenvalue weighted by Crippen LogP contribution is -2.53. The summed E-state index contributed by atoms with van der Waals surface area (Å²) >= 11 is 12.1. The van der Waals surface area contributed by atoms with Gasteiger partial charge < -0.3 is 15.4 Å². The van der Waals surface area contributed by atoms with E-state index in [1.165, 1.54) is 14.0 Å². The van der Waals surface area contributed by atoms with Crippen LogP contribution in [0.3, 0.4) is 0 Å². The van der Waals surface area contributed by atoms with Gasteiger partial charge in [0, 0.05) is 29.8 Å². The lowest BCUT2D eigenvalue weighted by molar-refractivity contribution is -0.145. The first-order valence-electron chi connectivity index (χ1n) is 8.93. The number of benzene rings is 2. The molecule has 0 saturated carbocycles. The summed E-state index contributed by atoms with van der Waals surface area (Å²) in [5.41, 5.74) is 1.50. The van der Waals surface area contributed by atoms with Gasteiger partial charge in [0.15, 0.2) is 0 Å². The molecule has 2 rings (SSSR count). The van der Waals surface area contributed by atoms with Gasteiger partial charge in [0.25, 0.3) is 0 Å². The minimum atomic E-state index is -0.974. The molecule has 2 atom stereocenters. The lowest BCUT2D eigenvalue weighted by Gasteiger charge is -2.22. The van der Waals surface area contributed by atoms with Crippen molar-refractivity contribution in [3.63, 3.8) is 0 Å². The highest BCUT2D eigenvalue weighted by Crippen LogP contribution is 2.22. The van der Waals surface area contributed by atoms with Crippen LogP contribution in [-0.4, -0.2) is 37.0 Å². The molecule has 0 bridgehead atoms. The average Bonchev–Trinajstić information content (AvgIpc) is 2.68. The fraction of sp³-hybridized carbons (Fsp3) is 0.286. The topological polar surface area (TPSA) is 84.5 Å². The summed E-state index contributed by atoms with van der Waals surface area (Å²) in [5.74, 6) is -1.47. The lowest BCUT2D eigenvalue weighted by atomic mass is 10.0. The minimum Gasteiger partial charge on any atom is -0.467 e. The zero-order chi connectivity index (χ0) is 21.4. The first kappa shape index (κ1) is 22.7. The van der Waals surface area contributed by atoms with Crippen LogP contribution in [0, 0.1) is 0 Å². The third kappa shape index (κ3) is 7.07. The van der Waals surface area contributed by atoms with Crippen molar-refractivity contribution in [3.05, 3.63) is 69.7 Å². The van der Waals surface area contributed by atoms with Gasteiger partial charge in [-0.05, 0) is 23.3 Å². The molecule has 0 spiro atoms. The van der Waals surface area contributed by atoms with E-state index in [-0.39, 0.29) is 18.7 Å². The first-order valence-corrected chi connectivity index (χ1v) is 9.69. The van der Waals surface area contributed by atoms with E-state index in [4.69, 9.17) is 27.9 Å². The first-order chi connectivity index (χ1) is 13.8. The molecule has 0 aromatic heterocycles. The van der Waals surface area contributed by atoms with Crippen LogP contribution in [-0.2, 0) is 32.0 Å². The molecule has 29 heavy (non-hydrogen) atoms. The van der Waals surface area contributed by atoms with Gasteiger partial charge >= 0.3 is 5.97 Å². The molecule has 0 radical (unpaired) electrons. The summed E-state index contributed by atoms with van der Waals surface area (Å²) in [6, 6.07) is 12.3. The molecule has 0 aliphatic rings. The monoisotopic (exact) mass is 436 g/mol. The minimum absolute atomic E-state index is 0.118. The van der Waals surface area contributed by atoms with Crippen molar-refractivity contribution >= 4 is 41.0 Å². The van der Waals surface area contributed by atoms with E-state index in [9.17, 15) is 14.4 Å². The molecule has 0 saturated heterocycles. The molecule has 2 amide bonds. The fourth-order valence-electron chi connectivity index (χ4n) is 2.82. The van der Waals surface area contributed by atoms with Gasteiger partial charge in [-0.3, -0.25) is 9.59 Å². The Balaban J connectivity index is 2.18. The van der Waals surface area contributed by atoms with Gasteiger partial charge in [0.05, 0.1) is 7.11 Å². The Morgan fingerprint density at radius 1 is 0.966 bits per heavy atom. The summed E-state index contributed by atoms with van der Waals surface area (Å²) in [6.07, 6.45) is 0.397. The Kier molecular flexibility index (Phi) is 8.49. The van der Waals surface area contributed by atoms with Gasteiger partial charge in [0.2, 0.25) is 11.8 Å². The molecule has 6 nitrogen and oxygen atoms in total. The number of nitrogens with one attached hydrogen (secondary N) is 2. The van der Waals surface area contributed by atoms with Crippen LogP contribution in [0.5, 0.6) is 0 Å². The van der Waals surface area contributed by atoms with Crippen LogP contribution in [0.4, 0.5) is 0 Å². The summed E-state index contributed by atoms with van der Waals surface area (Å²) in [5, 5.41) is 6.13. The standard InChI is InChI=1S/C21H22Cl2N2O4/c1-13(26)24-18(10-14-6-4-3-5-7-14)20(27)25-19(21(28)29-2)11-15-8-9-16(22)12-17(15)23/h3-9,12,18-19H,10-11H2,1-2H3,(H,24,26)(H,25,27)/t18-,19+/m0/s1. The van der Waals surface area contributed by atoms with E-state index in [1.807, 2.05) is 30.3 Å². The van der Waals surface area contributed by atoms with E-state index >= 15 is 0 Å². The largest absolute Gasteiger partial charge is 0.467 e. The second-order valence-electron chi connectivity index (χ2n) is 6.47. The molecule has 0 heterocycles. The number of carbonyl (C=O) groups excluding carboxylic acids is 3. The quantitative estimate of drug-likeness (QED) is 0.622. The number of hydrogen-bond acceptors (Lipinski definition) is 4. The number of rotatable bonds is 8. The van der Waals surface area contributed by atoms with E-state index in [2.05, 4.69) is 10.6 Å². The SMILES string of the molecule is COC(=O)[C@@H](Cc1ccc(Cl)cc1Cl)NC(=O)[C@H](Cc1ccccc1)NC(C)=O. The second-order valence-corrected chi connectivity index (χ2v) is 7.31. The molecular formula is C21H22Cl2N2O4. The molecule has 154 valence electrons. The highest BCUT2D eigenvalue weighted by atomic mass is 35.5. The Hall–Kier alpha value is -2.57. The molecule has 2 aromatic carbocycles. The summed E-state index contributed by atoms with van der Waals surface area (Å²) < 4.78 is 4.82. The molecule has 2 aromatic rings. The third-order valence-electron chi connectivity index (χ3n) is 4.22. The number of amides is 2. The number of halogens is 2. The van der Waals surface area contributed by atoms with E-state index in [1.54, 1.807) is 18.2 Å².